The zero-order chi connectivity index (χ0) is 10.3. The number of carboxylic acid groups (broad SMARTS) is 1. The molecule has 0 aliphatic carbocycles. The molecule has 4 nitrogen and oxygen atoms in total. The van der Waals surface area contributed by atoms with Gasteiger partial charge in [0.2, 0.25) is 0 Å². The van der Waals surface area contributed by atoms with E-state index < -0.39 is 5.97 Å². The molecule has 0 amide bonds. The van der Waals surface area contributed by atoms with Crippen molar-refractivity contribution >= 4 is 5.97 Å². The van der Waals surface area contributed by atoms with Gasteiger partial charge in [-0.2, -0.15) is 5.26 Å². The zero-order valence-electron chi connectivity index (χ0n) is 7.90. The molecule has 0 aromatic rings. The Bertz CT molecular complexity index is 230. The first-order valence-electron chi connectivity index (χ1n) is 4.04. The number of rotatable bonds is 5. The fraction of sp³-hybridized carbons (Fsp3) is 0.556. The number of hydrogen-bond acceptors (Lipinski definition) is 3. The lowest BCUT2D eigenvalue weighted by molar-refractivity contribution is -0.131. The van der Waals surface area contributed by atoms with Crippen molar-refractivity contribution in [3.8, 4) is 6.07 Å². The number of hydrogen-bond donors (Lipinski definition) is 1. The molecule has 0 saturated carbocycles. The SMILES string of the molecule is CC(CC#N)N(C)C/C=C/C(=O)O. The molecule has 0 saturated heterocycles. The van der Waals surface area contributed by atoms with Crippen molar-refractivity contribution in [1.29, 1.82) is 5.26 Å². The summed E-state index contributed by atoms with van der Waals surface area (Å²) in [6.07, 6.45) is 3.13. The number of nitrogens with zero attached hydrogens (tertiary/aromatic N) is 2. The van der Waals surface area contributed by atoms with Gasteiger partial charge in [-0.15, -0.1) is 0 Å². The van der Waals surface area contributed by atoms with Crippen LogP contribution in [0, 0.1) is 11.3 Å². The Balaban J connectivity index is 3.80. The normalized spacial score (nSPS) is 13.1. The third-order valence-electron chi connectivity index (χ3n) is 1.79. The van der Waals surface area contributed by atoms with Crippen LogP contribution < -0.4 is 0 Å². The summed E-state index contributed by atoms with van der Waals surface area (Å²) in [6, 6.07) is 2.22. The Morgan fingerprint density at radius 1 is 1.77 bits per heavy atom. The number of nitriles is 1. The summed E-state index contributed by atoms with van der Waals surface area (Å²) < 4.78 is 0. The third-order valence-corrected chi connectivity index (χ3v) is 1.79. The molecule has 0 bridgehead atoms. The minimum absolute atomic E-state index is 0.156. The summed E-state index contributed by atoms with van der Waals surface area (Å²) in [4.78, 5) is 12.0. The highest BCUT2D eigenvalue weighted by atomic mass is 16.4. The van der Waals surface area contributed by atoms with Crippen molar-refractivity contribution < 1.29 is 9.90 Å². The molecule has 1 unspecified atom stereocenters. The highest BCUT2D eigenvalue weighted by molar-refractivity contribution is 5.79. The van der Waals surface area contributed by atoms with Gasteiger partial charge in [0.15, 0.2) is 0 Å². The van der Waals surface area contributed by atoms with E-state index in [4.69, 9.17) is 10.4 Å². The standard InChI is InChI=1S/C9H14N2O2/c1-8(5-6-10)11(2)7-3-4-9(12)13/h3-4,8H,5,7H2,1-2H3,(H,12,13)/b4-3+. The second-order valence-electron chi connectivity index (χ2n) is 2.89. The molecule has 0 fully saturated rings. The third kappa shape index (κ3) is 5.88. The van der Waals surface area contributed by atoms with Gasteiger partial charge < -0.3 is 5.11 Å². The van der Waals surface area contributed by atoms with Crippen LogP contribution in [-0.2, 0) is 4.79 Å². The quantitative estimate of drug-likeness (QED) is 0.640. The van der Waals surface area contributed by atoms with Crippen molar-refractivity contribution in [3.63, 3.8) is 0 Å². The smallest absolute Gasteiger partial charge is 0.328 e. The molecule has 4 heteroatoms. The van der Waals surface area contributed by atoms with E-state index >= 15 is 0 Å². The van der Waals surface area contributed by atoms with Crippen molar-refractivity contribution in [2.45, 2.75) is 19.4 Å². The predicted octanol–water partition coefficient (Wildman–Crippen LogP) is 0.861. The lowest BCUT2D eigenvalue weighted by Crippen LogP contribution is -2.28. The Morgan fingerprint density at radius 3 is 2.85 bits per heavy atom. The van der Waals surface area contributed by atoms with Crippen LogP contribution in [0.1, 0.15) is 13.3 Å². The maximum Gasteiger partial charge on any atom is 0.328 e. The summed E-state index contributed by atoms with van der Waals surface area (Å²) in [5, 5.41) is 16.7. The number of carboxylic acids is 1. The molecule has 0 rings (SSSR count). The maximum absolute atomic E-state index is 10.1. The first-order valence-corrected chi connectivity index (χ1v) is 4.04. The minimum Gasteiger partial charge on any atom is -0.478 e. The van der Waals surface area contributed by atoms with Gasteiger partial charge >= 0.3 is 5.97 Å². The summed E-state index contributed by atoms with van der Waals surface area (Å²) in [7, 11) is 1.86. The van der Waals surface area contributed by atoms with Gasteiger partial charge in [-0.25, -0.2) is 4.79 Å². The Labute approximate surface area is 78.1 Å². The van der Waals surface area contributed by atoms with Crippen LogP contribution in [0.2, 0.25) is 0 Å². The Kier molecular flexibility index (Phi) is 5.57. The Morgan fingerprint density at radius 2 is 2.38 bits per heavy atom. The second-order valence-corrected chi connectivity index (χ2v) is 2.89. The molecule has 0 aromatic carbocycles. The van der Waals surface area contributed by atoms with Gasteiger partial charge in [0.1, 0.15) is 0 Å². The lowest BCUT2D eigenvalue weighted by Gasteiger charge is -2.20. The molecule has 0 aromatic heterocycles. The van der Waals surface area contributed by atoms with Gasteiger partial charge in [0, 0.05) is 18.7 Å². The van der Waals surface area contributed by atoms with Gasteiger partial charge in [0.05, 0.1) is 12.5 Å². The van der Waals surface area contributed by atoms with Crippen LogP contribution in [-0.4, -0.2) is 35.6 Å². The van der Waals surface area contributed by atoms with Crippen LogP contribution in [0.5, 0.6) is 0 Å². The summed E-state index contributed by atoms with van der Waals surface area (Å²) in [5.41, 5.74) is 0. The highest BCUT2D eigenvalue weighted by Crippen LogP contribution is 1.99. The highest BCUT2D eigenvalue weighted by Gasteiger charge is 2.05. The van der Waals surface area contributed by atoms with Crippen LogP contribution in [0.3, 0.4) is 0 Å². The largest absolute Gasteiger partial charge is 0.478 e. The van der Waals surface area contributed by atoms with E-state index in [0.717, 1.165) is 6.08 Å². The van der Waals surface area contributed by atoms with E-state index in [1.54, 1.807) is 6.08 Å². The molecule has 72 valence electrons. The van der Waals surface area contributed by atoms with E-state index in [2.05, 4.69) is 6.07 Å². The van der Waals surface area contributed by atoms with Crippen LogP contribution >= 0.6 is 0 Å². The maximum atomic E-state index is 10.1. The molecule has 0 spiro atoms. The van der Waals surface area contributed by atoms with Crippen molar-refractivity contribution in [2.75, 3.05) is 13.6 Å². The van der Waals surface area contributed by atoms with Gasteiger partial charge in [-0.05, 0) is 14.0 Å². The van der Waals surface area contributed by atoms with E-state index in [0.29, 0.717) is 13.0 Å². The van der Waals surface area contributed by atoms with Crippen LogP contribution in [0.4, 0.5) is 0 Å². The molecular formula is C9H14N2O2. The predicted molar refractivity (Wildman–Crippen MR) is 49.1 cm³/mol. The fourth-order valence-corrected chi connectivity index (χ4v) is 0.788. The summed E-state index contributed by atoms with van der Waals surface area (Å²) >= 11 is 0. The van der Waals surface area contributed by atoms with E-state index in [1.165, 1.54) is 0 Å². The number of carbonyl (C=O) groups is 1. The molecule has 0 radical (unpaired) electrons. The molecular weight excluding hydrogens is 168 g/mol. The second kappa shape index (κ2) is 6.21. The van der Waals surface area contributed by atoms with E-state index in [-0.39, 0.29) is 6.04 Å². The van der Waals surface area contributed by atoms with Crippen molar-refractivity contribution in [3.05, 3.63) is 12.2 Å². The Hall–Kier alpha value is -1.34. The first kappa shape index (κ1) is 11.7. The van der Waals surface area contributed by atoms with Crippen molar-refractivity contribution in [2.24, 2.45) is 0 Å². The van der Waals surface area contributed by atoms with Crippen LogP contribution in [0.25, 0.3) is 0 Å². The van der Waals surface area contributed by atoms with Crippen LogP contribution in [0.15, 0.2) is 12.2 Å². The average Bonchev–Trinajstić information content (AvgIpc) is 2.04. The minimum atomic E-state index is -0.943. The van der Waals surface area contributed by atoms with E-state index in [1.807, 2.05) is 18.9 Å². The van der Waals surface area contributed by atoms with Gasteiger partial charge in [0.25, 0.3) is 0 Å². The van der Waals surface area contributed by atoms with Crippen molar-refractivity contribution in [1.82, 2.24) is 4.90 Å². The topological polar surface area (TPSA) is 64.3 Å². The number of aliphatic carboxylic acids is 1. The van der Waals surface area contributed by atoms with E-state index in [9.17, 15) is 4.79 Å². The summed E-state index contributed by atoms with van der Waals surface area (Å²) in [5.74, 6) is -0.943. The zero-order valence-corrected chi connectivity index (χ0v) is 7.90. The first-order chi connectivity index (χ1) is 6.07. The monoisotopic (exact) mass is 182 g/mol. The molecule has 1 N–H and O–H groups in total. The summed E-state index contributed by atoms with van der Waals surface area (Å²) in [6.45, 7) is 2.48. The van der Waals surface area contributed by atoms with Gasteiger partial charge in [-0.3, -0.25) is 4.90 Å². The molecule has 1 atom stereocenters. The fourth-order valence-electron chi connectivity index (χ4n) is 0.788. The lowest BCUT2D eigenvalue weighted by atomic mass is 10.2. The number of likely N-dealkylation sites (N-methyl/N-ethyl adjacent to an activating group) is 1. The molecule has 0 aliphatic rings. The van der Waals surface area contributed by atoms with Gasteiger partial charge in [-0.1, -0.05) is 6.08 Å². The molecule has 13 heavy (non-hydrogen) atoms. The average molecular weight is 182 g/mol. The molecule has 0 heterocycles. The molecule has 0 aliphatic heterocycles.